The molecule has 1 aromatic rings. The normalized spacial score (nSPS) is 26.7. The van der Waals surface area contributed by atoms with Gasteiger partial charge < -0.3 is 16.2 Å². The first-order valence-corrected chi connectivity index (χ1v) is 4.61. The number of anilines is 1. The lowest BCUT2D eigenvalue weighted by atomic mass is 9.91. The van der Waals surface area contributed by atoms with Crippen molar-refractivity contribution >= 4 is 5.69 Å². The zero-order chi connectivity index (χ0) is 10.2. The van der Waals surface area contributed by atoms with Gasteiger partial charge in [0.15, 0.2) is 0 Å². The summed E-state index contributed by atoms with van der Waals surface area (Å²) in [5, 5.41) is 13.1. The van der Waals surface area contributed by atoms with Crippen molar-refractivity contribution in [2.24, 2.45) is 0 Å². The molecule has 1 fully saturated rings. The lowest BCUT2D eigenvalue weighted by molar-refractivity contribution is 0.0557. The first-order chi connectivity index (χ1) is 6.63. The Balaban J connectivity index is 2.49. The standard InChI is InChI=1S/C10H13FN2O/c11-7-2-1-3-8(12)9(7)10(14)4-5-13-6-10/h1-3,13-14H,4-6,12H2. The second-order valence-corrected chi connectivity index (χ2v) is 3.66. The molecule has 1 aromatic carbocycles. The van der Waals surface area contributed by atoms with E-state index in [9.17, 15) is 9.50 Å². The third kappa shape index (κ3) is 1.36. The van der Waals surface area contributed by atoms with Crippen molar-refractivity contribution in [2.45, 2.75) is 12.0 Å². The third-order valence-corrected chi connectivity index (χ3v) is 2.64. The highest BCUT2D eigenvalue weighted by molar-refractivity contribution is 5.51. The van der Waals surface area contributed by atoms with Gasteiger partial charge in [-0.1, -0.05) is 6.07 Å². The minimum Gasteiger partial charge on any atom is -0.398 e. The van der Waals surface area contributed by atoms with Gasteiger partial charge in [0.2, 0.25) is 0 Å². The van der Waals surface area contributed by atoms with Crippen LogP contribution in [0.4, 0.5) is 10.1 Å². The first-order valence-electron chi connectivity index (χ1n) is 4.61. The molecular weight excluding hydrogens is 183 g/mol. The molecule has 0 saturated carbocycles. The van der Waals surface area contributed by atoms with Crippen molar-refractivity contribution in [3.05, 3.63) is 29.6 Å². The quantitative estimate of drug-likeness (QED) is 0.576. The monoisotopic (exact) mass is 196 g/mol. The Kier molecular flexibility index (Phi) is 2.17. The minimum absolute atomic E-state index is 0.227. The summed E-state index contributed by atoms with van der Waals surface area (Å²) >= 11 is 0. The third-order valence-electron chi connectivity index (χ3n) is 2.64. The van der Waals surface area contributed by atoms with Crippen LogP contribution in [-0.2, 0) is 5.60 Å². The van der Waals surface area contributed by atoms with E-state index in [1.54, 1.807) is 12.1 Å². The zero-order valence-corrected chi connectivity index (χ0v) is 7.76. The minimum atomic E-state index is -1.14. The van der Waals surface area contributed by atoms with Gasteiger partial charge in [-0.2, -0.15) is 0 Å². The second-order valence-electron chi connectivity index (χ2n) is 3.66. The van der Waals surface area contributed by atoms with Gasteiger partial charge in [-0.25, -0.2) is 4.39 Å². The SMILES string of the molecule is Nc1cccc(F)c1C1(O)CCNC1. The fourth-order valence-corrected chi connectivity index (χ4v) is 1.92. The molecule has 1 aliphatic heterocycles. The van der Waals surface area contributed by atoms with Crippen molar-refractivity contribution in [3.8, 4) is 0 Å². The molecular formula is C10H13FN2O. The summed E-state index contributed by atoms with van der Waals surface area (Å²) in [6, 6.07) is 4.47. The van der Waals surface area contributed by atoms with Gasteiger partial charge in [-0.15, -0.1) is 0 Å². The summed E-state index contributed by atoms with van der Waals surface area (Å²) in [7, 11) is 0. The summed E-state index contributed by atoms with van der Waals surface area (Å²) in [6.07, 6.45) is 0.498. The van der Waals surface area contributed by atoms with Gasteiger partial charge in [0, 0.05) is 17.8 Å². The number of nitrogens with one attached hydrogen (secondary N) is 1. The average molecular weight is 196 g/mol. The molecule has 4 N–H and O–H groups in total. The van der Waals surface area contributed by atoms with E-state index in [4.69, 9.17) is 5.73 Å². The molecule has 2 rings (SSSR count). The maximum atomic E-state index is 13.5. The first kappa shape index (κ1) is 9.43. The Labute approximate surface area is 81.7 Å². The number of β-amino-alcohol motifs (C(OH)–C–C–N with tert-alkyl or cyclic N) is 1. The van der Waals surface area contributed by atoms with Crippen LogP contribution in [0.3, 0.4) is 0 Å². The number of nitrogen functional groups attached to an aromatic ring is 1. The fourth-order valence-electron chi connectivity index (χ4n) is 1.92. The summed E-state index contributed by atoms with van der Waals surface area (Å²) in [6.45, 7) is 1.04. The van der Waals surface area contributed by atoms with Gasteiger partial charge >= 0.3 is 0 Å². The Morgan fingerprint density at radius 3 is 2.86 bits per heavy atom. The predicted octanol–water partition coefficient (Wildman–Crippen LogP) is 0.589. The van der Waals surface area contributed by atoms with Crippen LogP contribution in [0.2, 0.25) is 0 Å². The number of halogens is 1. The molecule has 0 aromatic heterocycles. The number of hydrogen-bond donors (Lipinski definition) is 3. The summed E-state index contributed by atoms with van der Waals surface area (Å²) in [5.41, 5.74) is 5.06. The molecule has 1 saturated heterocycles. The maximum Gasteiger partial charge on any atom is 0.131 e. The van der Waals surface area contributed by atoms with Crippen LogP contribution in [0.5, 0.6) is 0 Å². The molecule has 1 atom stereocenters. The van der Waals surface area contributed by atoms with Crippen molar-refractivity contribution in [3.63, 3.8) is 0 Å². The maximum absolute atomic E-state index is 13.5. The van der Waals surface area contributed by atoms with E-state index in [2.05, 4.69) is 5.32 Å². The van der Waals surface area contributed by atoms with Crippen molar-refractivity contribution < 1.29 is 9.50 Å². The van der Waals surface area contributed by atoms with E-state index in [1.165, 1.54) is 6.07 Å². The van der Waals surface area contributed by atoms with Gasteiger partial charge in [0.1, 0.15) is 11.4 Å². The lowest BCUT2D eigenvalue weighted by Crippen LogP contribution is -2.30. The van der Waals surface area contributed by atoms with E-state index >= 15 is 0 Å². The number of hydrogen-bond acceptors (Lipinski definition) is 3. The summed E-state index contributed by atoms with van der Waals surface area (Å²) in [4.78, 5) is 0. The molecule has 3 nitrogen and oxygen atoms in total. The predicted molar refractivity (Wildman–Crippen MR) is 52.2 cm³/mol. The van der Waals surface area contributed by atoms with Crippen LogP contribution in [0.1, 0.15) is 12.0 Å². The molecule has 14 heavy (non-hydrogen) atoms. The van der Waals surface area contributed by atoms with Crippen LogP contribution in [0, 0.1) is 5.82 Å². The van der Waals surface area contributed by atoms with Crippen LogP contribution in [-0.4, -0.2) is 18.2 Å². The van der Waals surface area contributed by atoms with E-state index < -0.39 is 11.4 Å². The molecule has 0 radical (unpaired) electrons. The number of nitrogens with two attached hydrogens (primary N) is 1. The Bertz CT molecular complexity index is 328. The Morgan fingerprint density at radius 1 is 1.50 bits per heavy atom. The smallest absolute Gasteiger partial charge is 0.131 e. The van der Waals surface area contributed by atoms with E-state index in [0.29, 0.717) is 25.2 Å². The van der Waals surface area contributed by atoms with Crippen LogP contribution in [0.15, 0.2) is 18.2 Å². The molecule has 1 aliphatic rings. The van der Waals surface area contributed by atoms with E-state index in [1.807, 2.05) is 0 Å². The average Bonchev–Trinajstić information content (AvgIpc) is 2.52. The highest BCUT2D eigenvalue weighted by Gasteiger charge is 2.36. The highest BCUT2D eigenvalue weighted by atomic mass is 19.1. The molecule has 0 aliphatic carbocycles. The largest absolute Gasteiger partial charge is 0.398 e. The van der Waals surface area contributed by atoms with Gasteiger partial charge in [-0.3, -0.25) is 0 Å². The number of rotatable bonds is 1. The van der Waals surface area contributed by atoms with Gasteiger partial charge in [-0.05, 0) is 25.1 Å². The fraction of sp³-hybridized carbons (Fsp3) is 0.400. The molecule has 0 amide bonds. The zero-order valence-electron chi connectivity index (χ0n) is 7.76. The highest BCUT2D eigenvalue weighted by Crippen LogP contribution is 2.33. The van der Waals surface area contributed by atoms with E-state index in [0.717, 1.165) is 0 Å². The van der Waals surface area contributed by atoms with Gasteiger partial charge in [0.25, 0.3) is 0 Å². The Morgan fingerprint density at radius 2 is 2.29 bits per heavy atom. The second kappa shape index (κ2) is 3.22. The van der Waals surface area contributed by atoms with Gasteiger partial charge in [0.05, 0.1) is 0 Å². The van der Waals surface area contributed by atoms with Crippen LogP contribution < -0.4 is 11.1 Å². The number of aliphatic hydroxyl groups is 1. The topological polar surface area (TPSA) is 58.3 Å². The lowest BCUT2D eigenvalue weighted by Gasteiger charge is -2.23. The van der Waals surface area contributed by atoms with Crippen LogP contribution in [0.25, 0.3) is 0 Å². The summed E-state index contributed by atoms with van der Waals surface area (Å²) < 4.78 is 13.5. The van der Waals surface area contributed by atoms with E-state index in [-0.39, 0.29) is 5.56 Å². The van der Waals surface area contributed by atoms with Crippen molar-refractivity contribution in [2.75, 3.05) is 18.8 Å². The Hall–Kier alpha value is -1.13. The molecule has 76 valence electrons. The summed E-state index contributed by atoms with van der Waals surface area (Å²) in [5.74, 6) is -0.434. The van der Waals surface area contributed by atoms with Crippen molar-refractivity contribution in [1.29, 1.82) is 0 Å². The van der Waals surface area contributed by atoms with Crippen molar-refractivity contribution in [1.82, 2.24) is 5.32 Å². The molecule has 1 heterocycles. The molecule has 0 spiro atoms. The van der Waals surface area contributed by atoms with Crippen LogP contribution >= 0.6 is 0 Å². The molecule has 1 unspecified atom stereocenters. The number of benzene rings is 1. The molecule has 0 bridgehead atoms. The molecule has 4 heteroatoms.